The van der Waals surface area contributed by atoms with Gasteiger partial charge in [0.15, 0.2) is 0 Å². The van der Waals surface area contributed by atoms with Gasteiger partial charge in [-0.25, -0.2) is 8.42 Å². The summed E-state index contributed by atoms with van der Waals surface area (Å²) in [5, 5.41) is 3.01. The maximum absolute atomic E-state index is 12.9. The fourth-order valence-electron chi connectivity index (χ4n) is 3.81. The molecule has 0 spiro atoms. The maximum atomic E-state index is 12.9. The molecule has 1 saturated heterocycles. The molecule has 6 nitrogen and oxygen atoms in total. The fourth-order valence-corrected chi connectivity index (χ4v) is 5.49. The molecule has 1 aromatic rings. The van der Waals surface area contributed by atoms with Crippen molar-refractivity contribution in [3.8, 4) is 0 Å². The second-order valence-corrected chi connectivity index (χ2v) is 9.88. The molecule has 160 valence electrons. The van der Waals surface area contributed by atoms with Gasteiger partial charge in [-0.1, -0.05) is 27.7 Å². The van der Waals surface area contributed by atoms with Gasteiger partial charge < -0.3 is 11.1 Å². The second kappa shape index (κ2) is 10.1. The summed E-state index contributed by atoms with van der Waals surface area (Å²) in [5.41, 5.74) is 5.85. The van der Waals surface area contributed by atoms with E-state index in [2.05, 4.69) is 19.2 Å². The monoisotopic (exact) mass is 431 g/mol. The average molecular weight is 432 g/mol. The number of carbonyl (C=O) groups excluding carboxylic acids is 1. The van der Waals surface area contributed by atoms with E-state index in [0.717, 1.165) is 19.3 Å². The van der Waals surface area contributed by atoms with Crippen LogP contribution in [0.2, 0.25) is 0 Å². The number of hydrogen-bond acceptors (Lipinski definition) is 4. The summed E-state index contributed by atoms with van der Waals surface area (Å²) in [6.45, 7) is 9.60. The number of amides is 1. The zero-order chi connectivity index (χ0) is 20.2. The lowest BCUT2D eigenvalue weighted by atomic mass is 9.92. The molecule has 0 radical (unpaired) electrons. The number of rotatable bonds is 7. The van der Waals surface area contributed by atoms with Crippen molar-refractivity contribution < 1.29 is 13.2 Å². The molecular weight excluding hydrogens is 398 g/mol. The summed E-state index contributed by atoms with van der Waals surface area (Å²) < 4.78 is 27.4. The van der Waals surface area contributed by atoms with E-state index in [4.69, 9.17) is 5.73 Å². The molecule has 2 atom stereocenters. The van der Waals surface area contributed by atoms with Gasteiger partial charge in [0.25, 0.3) is 5.91 Å². The van der Waals surface area contributed by atoms with Crippen molar-refractivity contribution in [2.75, 3.05) is 19.6 Å². The third-order valence-electron chi connectivity index (χ3n) is 5.71. The predicted molar refractivity (Wildman–Crippen MR) is 115 cm³/mol. The minimum atomic E-state index is -3.54. The van der Waals surface area contributed by atoms with Gasteiger partial charge in [-0.2, -0.15) is 4.31 Å². The topological polar surface area (TPSA) is 92.5 Å². The second-order valence-electron chi connectivity index (χ2n) is 7.94. The lowest BCUT2D eigenvalue weighted by Gasteiger charge is -2.34. The van der Waals surface area contributed by atoms with E-state index in [1.54, 1.807) is 16.4 Å². The number of piperidine rings is 1. The molecule has 0 aromatic heterocycles. The molecule has 0 saturated carbocycles. The summed E-state index contributed by atoms with van der Waals surface area (Å²) >= 11 is 0. The molecule has 2 unspecified atom stereocenters. The zero-order valence-corrected chi connectivity index (χ0v) is 18.9. The molecule has 1 amide bonds. The van der Waals surface area contributed by atoms with Gasteiger partial charge in [0.2, 0.25) is 10.0 Å². The Hall–Kier alpha value is -1.15. The van der Waals surface area contributed by atoms with E-state index in [0.29, 0.717) is 37.0 Å². The molecule has 3 N–H and O–H groups in total. The van der Waals surface area contributed by atoms with E-state index in [1.807, 2.05) is 13.8 Å². The van der Waals surface area contributed by atoms with Gasteiger partial charge in [0, 0.05) is 25.2 Å². The van der Waals surface area contributed by atoms with Gasteiger partial charge >= 0.3 is 0 Å². The van der Waals surface area contributed by atoms with Crippen LogP contribution >= 0.6 is 12.4 Å². The number of sulfonamides is 1. The van der Waals surface area contributed by atoms with E-state index in [-0.39, 0.29) is 23.2 Å². The highest BCUT2D eigenvalue weighted by Gasteiger charge is 2.32. The molecule has 8 heteroatoms. The highest BCUT2D eigenvalue weighted by molar-refractivity contribution is 7.89. The molecule has 1 fully saturated rings. The highest BCUT2D eigenvalue weighted by Crippen LogP contribution is 2.27. The van der Waals surface area contributed by atoms with E-state index in [9.17, 15) is 13.2 Å². The number of carbonyl (C=O) groups is 1. The number of nitrogens with two attached hydrogens (primary N) is 1. The van der Waals surface area contributed by atoms with Crippen LogP contribution < -0.4 is 11.1 Å². The van der Waals surface area contributed by atoms with Crippen LogP contribution in [-0.4, -0.2) is 43.8 Å². The molecule has 1 heterocycles. The number of hydrogen-bond donors (Lipinski definition) is 2. The molecular formula is C20H34ClN3O3S. The SMILES string of the molecule is CCC(CC)(CN)NC(=O)c1ccc(S(=O)(=O)N2CC(C)CC(C)C2)cc1.Cl. The van der Waals surface area contributed by atoms with Crippen LogP contribution in [0.4, 0.5) is 0 Å². The van der Waals surface area contributed by atoms with Crippen LogP contribution in [0.1, 0.15) is 57.3 Å². The van der Waals surface area contributed by atoms with Crippen molar-refractivity contribution in [1.29, 1.82) is 0 Å². The summed E-state index contributed by atoms with van der Waals surface area (Å²) in [4.78, 5) is 12.8. The van der Waals surface area contributed by atoms with Crippen LogP contribution in [0.5, 0.6) is 0 Å². The lowest BCUT2D eigenvalue weighted by Crippen LogP contribution is -2.52. The molecule has 28 heavy (non-hydrogen) atoms. The lowest BCUT2D eigenvalue weighted by molar-refractivity contribution is 0.0895. The Morgan fingerprint density at radius 2 is 1.64 bits per heavy atom. The zero-order valence-electron chi connectivity index (χ0n) is 17.3. The summed E-state index contributed by atoms with van der Waals surface area (Å²) in [7, 11) is -3.54. The quantitative estimate of drug-likeness (QED) is 0.693. The standard InChI is InChI=1S/C20H33N3O3S.ClH/c1-5-20(6-2,14-21)22-19(24)17-7-9-18(10-8-17)27(25,26)23-12-15(3)11-16(4)13-23;/h7-10,15-16H,5-6,11-14,21H2,1-4H3,(H,22,24);1H. The Morgan fingerprint density at radius 3 is 2.07 bits per heavy atom. The van der Waals surface area contributed by atoms with Crippen LogP contribution in [0.15, 0.2) is 29.2 Å². The highest BCUT2D eigenvalue weighted by atomic mass is 35.5. The Balaban J connectivity index is 0.00000392. The van der Waals surface area contributed by atoms with Gasteiger partial charge in [-0.3, -0.25) is 4.79 Å². The van der Waals surface area contributed by atoms with Gasteiger partial charge in [-0.05, 0) is 55.4 Å². The third kappa shape index (κ3) is 5.47. The van der Waals surface area contributed by atoms with Gasteiger partial charge in [0.05, 0.1) is 10.4 Å². The first-order valence-electron chi connectivity index (χ1n) is 9.80. The van der Waals surface area contributed by atoms with Crippen LogP contribution in [0, 0.1) is 11.8 Å². The maximum Gasteiger partial charge on any atom is 0.251 e. The average Bonchev–Trinajstić information content (AvgIpc) is 2.65. The van der Waals surface area contributed by atoms with E-state index >= 15 is 0 Å². The summed E-state index contributed by atoms with van der Waals surface area (Å²) in [5.74, 6) is 0.468. The molecule has 0 aliphatic carbocycles. The van der Waals surface area contributed by atoms with Crippen LogP contribution in [0.3, 0.4) is 0 Å². The van der Waals surface area contributed by atoms with Crippen molar-refractivity contribution in [3.63, 3.8) is 0 Å². The van der Waals surface area contributed by atoms with E-state index < -0.39 is 15.6 Å². The van der Waals surface area contributed by atoms with Crippen LogP contribution in [0.25, 0.3) is 0 Å². The molecule has 1 aromatic carbocycles. The minimum absolute atomic E-state index is 0. The number of nitrogens with one attached hydrogen (secondary N) is 1. The van der Waals surface area contributed by atoms with Crippen molar-refractivity contribution in [3.05, 3.63) is 29.8 Å². The smallest absolute Gasteiger partial charge is 0.251 e. The first kappa shape index (κ1) is 24.9. The number of benzene rings is 1. The van der Waals surface area contributed by atoms with E-state index in [1.165, 1.54) is 12.1 Å². The van der Waals surface area contributed by atoms with Crippen molar-refractivity contribution in [2.45, 2.75) is 57.4 Å². The predicted octanol–water partition coefficient (Wildman–Crippen LogP) is 3.02. The number of nitrogens with zero attached hydrogens (tertiary/aromatic N) is 1. The van der Waals surface area contributed by atoms with Gasteiger partial charge in [0.1, 0.15) is 0 Å². The number of halogens is 1. The fraction of sp³-hybridized carbons (Fsp3) is 0.650. The first-order valence-corrected chi connectivity index (χ1v) is 11.2. The normalized spacial score (nSPS) is 21.0. The van der Waals surface area contributed by atoms with Crippen molar-refractivity contribution >= 4 is 28.3 Å². The largest absolute Gasteiger partial charge is 0.345 e. The summed E-state index contributed by atoms with van der Waals surface area (Å²) in [6, 6.07) is 6.20. The Morgan fingerprint density at radius 1 is 1.14 bits per heavy atom. The summed E-state index contributed by atoms with van der Waals surface area (Å²) in [6.07, 6.45) is 2.52. The molecule has 1 aliphatic rings. The van der Waals surface area contributed by atoms with Gasteiger partial charge in [-0.15, -0.1) is 12.4 Å². The Labute approximate surface area is 175 Å². The van der Waals surface area contributed by atoms with Crippen molar-refractivity contribution in [1.82, 2.24) is 9.62 Å². The Kier molecular flexibility index (Phi) is 8.93. The van der Waals surface area contributed by atoms with Crippen LogP contribution in [-0.2, 0) is 10.0 Å². The molecule has 1 aliphatic heterocycles. The first-order chi connectivity index (χ1) is 12.7. The molecule has 2 rings (SSSR count). The minimum Gasteiger partial charge on any atom is -0.345 e. The Bertz CT molecular complexity index is 730. The molecule has 0 bridgehead atoms. The van der Waals surface area contributed by atoms with Crippen molar-refractivity contribution in [2.24, 2.45) is 17.6 Å². The third-order valence-corrected chi connectivity index (χ3v) is 7.56.